The number of thioether (sulfide) groups is 1. The second-order valence-electron chi connectivity index (χ2n) is 5.18. The van der Waals surface area contributed by atoms with Crippen LogP contribution in [0, 0.1) is 5.82 Å². The third-order valence-corrected chi connectivity index (χ3v) is 5.55. The van der Waals surface area contributed by atoms with Gasteiger partial charge in [-0.05, 0) is 37.8 Å². The minimum Gasteiger partial charge on any atom is -0.315 e. The van der Waals surface area contributed by atoms with Crippen LogP contribution in [0.15, 0.2) is 23.1 Å². The van der Waals surface area contributed by atoms with Crippen molar-refractivity contribution in [2.75, 3.05) is 12.8 Å². The van der Waals surface area contributed by atoms with Crippen LogP contribution in [0.3, 0.4) is 0 Å². The van der Waals surface area contributed by atoms with Gasteiger partial charge in [0.1, 0.15) is 10.8 Å². The highest BCUT2D eigenvalue weighted by Crippen LogP contribution is 2.45. The quantitative estimate of drug-likeness (QED) is 0.783. The average Bonchev–Trinajstić information content (AvgIpc) is 3.22. The summed E-state index contributed by atoms with van der Waals surface area (Å²) in [6, 6.07) is 5.30. The summed E-state index contributed by atoms with van der Waals surface area (Å²) < 4.78 is 14.3. The largest absolute Gasteiger partial charge is 0.315 e. The molecule has 1 saturated carbocycles. The van der Waals surface area contributed by atoms with Crippen LogP contribution >= 0.6 is 23.1 Å². The third kappa shape index (κ3) is 3.15. The van der Waals surface area contributed by atoms with Gasteiger partial charge in [0.15, 0.2) is 0 Å². The smallest absolute Gasteiger partial charge is 0.134 e. The van der Waals surface area contributed by atoms with Gasteiger partial charge in [-0.2, -0.15) is 0 Å². The average molecular weight is 322 g/mol. The first-order valence-electron chi connectivity index (χ1n) is 7.30. The molecule has 1 aromatic heterocycles. The van der Waals surface area contributed by atoms with E-state index >= 15 is 0 Å². The van der Waals surface area contributed by atoms with Gasteiger partial charge in [0.2, 0.25) is 0 Å². The van der Waals surface area contributed by atoms with Crippen LogP contribution in [0.25, 0.3) is 10.6 Å². The summed E-state index contributed by atoms with van der Waals surface area (Å²) in [5, 5.41) is 4.03. The molecule has 2 aromatic rings. The topological polar surface area (TPSA) is 24.9 Å². The van der Waals surface area contributed by atoms with Crippen molar-refractivity contribution >= 4 is 23.1 Å². The third-order valence-electron chi connectivity index (χ3n) is 3.52. The van der Waals surface area contributed by atoms with Gasteiger partial charge in [-0.15, -0.1) is 23.1 Å². The second kappa shape index (κ2) is 6.46. The molecule has 0 amide bonds. The number of aromatic nitrogens is 1. The molecule has 1 aliphatic rings. The Balaban J connectivity index is 2.05. The highest BCUT2D eigenvalue weighted by molar-refractivity contribution is 7.99. The van der Waals surface area contributed by atoms with Gasteiger partial charge in [0, 0.05) is 22.2 Å². The summed E-state index contributed by atoms with van der Waals surface area (Å²) in [6.45, 7) is 2.90. The summed E-state index contributed by atoms with van der Waals surface area (Å²) in [5.41, 5.74) is 1.86. The van der Waals surface area contributed by atoms with E-state index in [1.54, 1.807) is 29.2 Å². The van der Waals surface area contributed by atoms with Crippen molar-refractivity contribution in [1.82, 2.24) is 10.3 Å². The van der Waals surface area contributed by atoms with Crippen LogP contribution in [-0.4, -0.2) is 17.8 Å². The van der Waals surface area contributed by atoms with Crippen molar-refractivity contribution in [2.45, 2.75) is 37.1 Å². The fraction of sp³-hybridized carbons (Fsp3) is 0.438. The van der Waals surface area contributed by atoms with Crippen molar-refractivity contribution in [3.05, 3.63) is 34.6 Å². The van der Waals surface area contributed by atoms with Gasteiger partial charge in [-0.25, -0.2) is 9.37 Å². The molecular formula is C16H19FN2S2. The molecular weight excluding hydrogens is 303 g/mol. The number of halogens is 1. The number of nitrogens with zero attached hydrogens (tertiary/aromatic N) is 1. The first kappa shape index (κ1) is 15.0. The van der Waals surface area contributed by atoms with E-state index in [0.717, 1.165) is 22.2 Å². The number of hydrogen-bond donors (Lipinski definition) is 1. The number of rotatable bonds is 6. The molecule has 0 unspecified atom stereocenters. The molecule has 0 aliphatic heterocycles. The van der Waals surface area contributed by atoms with E-state index in [1.165, 1.54) is 29.5 Å². The summed E-state index contributed by atoms with van der Waals surface area (Å²) in [4.78, 5) is 7.04. The molecule has 0 radical (unpaired) electrons. The van der Waals surface area contributed by atoms with Gasteiger partial charge >= 0.3 is 0 Å². The highest BCUT2D eigenvalue weighted by Gasteiger charge is 2.30. The predicted molar refractivity (Wildman–Crippen MR) is 88.6 cm³/mol. The van der Waals surface area contributed by atoms with Crippen molar-refractivity contribution in [3.63, 3.8) is 0 Å². The van der Waals surface area contributed by atoms with Crippen LogP contribution < -0.4 is 5.32 Å². The minimum atomic E-state index is -0.166. The van der Waals surface area contributed by atoms with Crippen molar-refractivity contribution in [1.29, 1.82) is 0 Å². The Morgan fingerprint density at radius 1 is 1.43 bits per heavy atom. The molecule has 21 heavy (non-hydrogen) atoms. The first-order chi connectivity index (χ1) is 10.2. The van der Waals surface area contributed by atoms with E-state index in [9.17, 15) is 4.39 Å². The maximum absolute atomic E-state index is 14.3. The molecule has 0 spiro atoms. The Hall–Kier alpha value is -0.910. The Morgan fingerprint density at radius 2 is 2.24 bits per heavy atom. The monoisotopic (exact) mass is 322 g/mol. The molecule has 112 valence electrons. The van der Waals surface area contributed by atoms with E-state index < -0.39 is 0 Å². The first-order valence-corrected chi connectivity index (χ1v) is 9.10. The molecule has 1 aromatic carbocycles. The van der Waals surface area contributed by atoms with Crippen molar-refractivity contribution in [3.8, 4) is 10.6 Å². The lowest BCUT2D eigenvalue weighted by Crippen LogP contribution is -2.05. The molecule has 1 fully saturated rings. The molecule has 1 aliphatic carbocycles. The maximum Gasteiger partial charge on any atom is 0.134 e. The predicted octanol–water partition coefficient (Wildman–Crippen LogP) is 4.66. The zero-order valence-electron chi connectivity index (χ0n) is 12.3. The molecule has 3 rings (SSSR count). The molecule has 5 heteroatoms. The highest BCUT2D eigenvalue weighted by atomic mass is 32.2. The maximum atomic E-state index is 14.3. The molecule has 1 heterocycles. The van der Waals surface area contributed by atoms with Gasteiger partial charge in [0.05, 0.1) is 11.3 Å². The number of thiazole rings is 1. The fourth-order valence-corrected chi connectivity index (χ4v) is 4.53. The zero-order valence-corrected chi connectivity index (χ0v) is 13.9. The minimum absolute atomic E-state index is 0.166. The standard InChI is InChI=1S/C16H19FN2S2/c1-3-20-12-6-4-5-11(17)14(12)16-19-15(10-7-8-10)13(21-16)9-18-2/h4-6,10,18H,3,7-9H2,1-2H3. The van der Waals surface area contributed by atoms with E-state index in [0.29, 0.717) is 11.5 Å². The van der Waals surface area contributed by atoms with Gasteiger partial charge in [0.25, 0.3) is 0 Å². The lowest BCUT2D eigenvalue weighted by Gasteiger charge is -2.06. The van der Waals surface area contributed by atoms with Crippen LogP contribution in [-0.2, 0) is 6.54 Å². The molecule has 0 bridgehead atoms. The van der Waals surface area contributed by atoms with Crippen molar-refractivity contribution in [2.24, 2.45) is 0 Å². The Kier molecular flexibility index (Phi) is 4.62. The normalized spacial score (nSPS) is 14.6. The van der Waals surface area contributed by atoms with Crippen LogP contribution in [0.2, 0.25) is 0 Å². The SMILES string of the molecule is CCSc1cccc(F)c1-c1nc(C2CC2)c(CNC)s1. The lowest BCUT2D eigenvalue weighted by atomic mass is 10.2. The summed E-state index contributed by atoms with van der Waals surface area (Å²) in [6.07, 6.45) is 2.43. The van der Waals surface area contributed by atoms with E-state index in [2.05, 4.69) is 12.2 Å². The van der Waals surface area contributed by atoms with Gasteiger partial charge < -0.3 is 5.32 Å². The summed E-state index contributed by atoms with van der Waals surface area (Å²) >= 11 is 3.31. The second-order valence-corrected chi connectivity index (χ2v) is 7.57. The molecule has 2 nitrogen and oxygen atoms in total. The van der Waals surface area contributed by atoms with E-state index in [1.807, 2.05) is 13.1 Å². The molecule has 0 saturated heterocycles. The lowest BCUT2D eigenvalue weighted by molar-refractivity contribution is 0.628. The van der Waals surface area contributed by atoms with E-state index in [-0.39, 0.29) is 5.82 Å². The van der Waals surface area contributed by atoms with Crippen molar-refractivity contribution < 1.29 is 4.39 Å². The van der Waals surface area contributed by atoms with Crippen LogP contribution in [0.4, 0.5) is 4.39 Å². The Bertz CT molecular complexity index is 635. The number of nitrogens with one attached hydrogen (secondary N) is 1. The molecule has 0 atom stereocenters. The zero-order chi connectivity index (χ0) is 14.8. The summed E-state index contributed by atoms with van der Waals surface area (Å²) in [5.74, 6) is 1.36. The van der Waals surface area contributed by atoms with Gasteiger partial charge in [-0.1, -0.05) is 13.0 Å². The Labute approximate surface area is 133 Å². The van der Waals surface area contributed by atoms with Crippen LogP contribution in [0.5, 0.6) is 0 Å². The van der Waals surface area contributed by atoms with Crippen LogP contribution in [0.1, 0.15) is 36.3 Å². The van der Waals surface area contributed by atoms with Gasteiger partial charge in [-0.3, -0.25) is 0 Å². The Morgan fingerprint density at radius 3 is 2.90 bits per heavy atom. The van der Waals surface area contributed by atoms with E-state index in [4.69, 9.17) is 4.98 Å². The summed E-state index contributed by atoms with van der Waals surface area (Å²) in [7, 11) is 1.94. The molecule has 1 N–H and O–H groups in total. The number of benzene rings is 1. The number of hydrogen-bond acceptors (Lipinski definition) is 4. The fourth-order valence-electron chi connectivity index (χ4n) is 2.42.